The molecule has 1 amide bonds. The number of nitrogens with zero attached hydrogens (tertiary/aromatic N) is 1. The van der Waals surface area contributed by atoms with E-state index >= 15 is 0 Å². The fourth-order valence-electron chi connectivity index (χ4n) is 2.98. The van der Waals surface area contributed by atoms with Crippen LogP contribution in [0, 0.1) is 5.92 Å². The van der Waals surface area contributed by atoms with E-state index in [1.54, 1.807) is 0 Å². The largest absolute Gasteiger partial charge is 0.309 e. The molecule has 1 aliphatic rings. The zero-order valence-electron chi connectivity index (χ0n) is 13.7. The van der Waals surface area contributed by atoms with E-state index in [9.17, 15) is 9.59 Å². The monoisotopic (exact) mass is 365 g/mol. The molecule has 0 aliphatic carbocycles. The summed E-state index contributed by atoms with van der Waals surface area (Å²) in [6.07, 6.45) is 2.15. The Bertz CT molecular complexity index is 582. The third kappa shape index (κ3) is 3.43. The molecular weight excluding hydrogens is 342 g/mol. The van der Waals surface area contributed by atoms with E-state index in [0.29, 0.717) is 12.3 Å². The Morgan fingerprint density at radius 2 is 2.05 bits per heavy atom. The van der Waals surface area contributed by atoms with Crippen LogP contribution in [-0.4, -0.2) is 22.6 Å². The number of benzene rings is 1. The molecule has 2 atom stereocenters. The van der Waals surface area contributed by atoms with Crippen molar-refractivity contribution in [3.8, 4) is 0 Å². The molecule has 1 aliphatic heterocycles. The highest BCUT2D eigenvalue weighted by atomic mass is 79.9. The molecule has 2 rings (SSSR count). The Morgan fingerprint density at radius 3 is 2.64 bits per heavy atom. The minimum absolute atomic E-state index is 0.116. The molecule has 0 N–H and O–H groups in total. The molecule has 3 nitrogen and oxygen atoms in total. The highest BCUT2D eigenvalue weighted by Crippen LogP contribution is 2.34. The van der Waals surface area contributed by atoms with Gasteiger partial charge in [-0.3, -0.25) is 9.59 Å². The first-order valence-corrected chi connectivity index (χ1v) is 8.90. The van der Waals surface area contributed by atoms with Crippen molar-refractivity contribution in [1.82, 2.24) is 0 Å². The Kier molecular flexibility index (Phi) is 5.43. The van der Waals surface area contributed by atoms with Crippen LogP contribution >= 0.6 is 15.9 Å². The summed E-state index contributed by atoms with van der Waals surface area (Å²) in [7, 11) is 0. The topological polar surface area (TPSA) is 37.4 Å². The predicted molar refractivity (Wildman–Crippen MR) is 93.9 cm³/mol. The van der Waals surface area contributed by atoms with Crippen LogP contribution < -0.4 is 4.90 Å². The third-order valence-electron chi connectivity index (χ3n) is 4.07. The molecule has 4 heteroatoms. The number of Topliss-reactive ketones (excluding diaryl/α,β-unsaturated/α-hetero) is 1. The van der Waals surface area contributed by atoms with Crippen molar-refractivity contribution in [3.63, 3.8) is 0 Å². The van der Waals surface area contributed by atoms with Gasteiger partial charge in [-0.1, -0.05) is 36.7 Å². The SMILES string of the molecule is CCC(Br)C(=O)c1ccc2c(c1)CC(C)N2C(=O)CC(C)C. The van der Waals surface area contributed by atoms with E-state index < -0.39 is 0 Å². The van der Waals surface area contributed by atoms with Crippen LogP contribution in [0.5, 0.6) is 0 Å². The van der Waals surface area contributed by atoms with E-state index in [0.717, 1.165) is 29.7 Å². The minimum atomic E-state index is -0.136. The maximum Gasteiger partial charge on any atom is 0.227 e. The van der Waals surface area contributed by atoms with Gasteiger partial charge >= 0.3 is 0 Å². The predicted octanol–water partition coefficient (Wildman–Crippen LogP) is 4.37. The van der Waals surface area contributed by atoms with Gasteiger partial charge < -0.3 is 4.90 Å². The first-order valence-electron chi connectivity index (χ1n) is 7.98. The molecule has 0 fully saturated rings. The molecule has 1 heterocycles. The lowest BCUT2D eigenvalue weighted by molar-refractivity contribution is -0.119. The average Bonchev–Trinajstić information content (AvgIpc) is 2.79. The first kappa shape index (κ1) is 17.2. The maximum atomic E-state index is 12.5. The molecule has 120 valence electrons. The van der Waals surface area contributed by atoms with Crippen LogP contribution in [0.2, 0.25) is 0 Å². The molecule has 1 aromatic rings. The van der Waals surface area contributed by atoms with Crippen LogP contribution in [-0.2, 0) is 11.2 Å². The molecule has 0 saturated heterocycles. The first-order chi connectivity index (χ1) is 10.3. The van der Waals surface area contributed by atoms with Gasteiger partial charge in [-0.15, -0.1) is 0 Å². The molecule has 0 bridgehead atoms. The summed E-state index contributed by atoms with van der Waals surface area (Å²) in [6, 6.07) is 5.90. The molecule has 0 radical (unpaired) electrons. The lowest BCUT2D eigenvalue weighted by Crippen LogP contribution is -2.36. The number of hydrogen-bond acceptors (Lipinski definition) is 2. The van der Waals surface area contributed by atoms with Crippen molar-refractivity contribution < 1.29 is 9.59 Å². The van der Waals surface area contributed by atoms with Gasteiger partial charge in [-0.05, 0) is 49.4 Å². The van der Waals surface area contributed by atoms with Crippen LogP contribution in [0.15, 0.2) is 18.2 Å². The van der Waals surface area contributed by atoms with E-state index in [2.05, 4.69) is 36.7 Å². The minimum Gasteiger partial charge on any atom is -0.309 e. The second-order valence-electron chi connectivity index (χ2n) is 6.50. The number of alkyl halides is 1. The number of halogens is 1. The quantitative estimate of drug-likeness (QED) is 0.573. The molecular formula is C18H24BrNO2. The van der Waals surface area contributed by atoms with Crippen molar-refractivity contribution >= 4 is 33.3 Å². The summed E-state index contributed by atoms with van der Waals surface area (Å²) >= 11 is 3.42. The number of carbonyl (C=O) groups is 2. The molecule has 1 aromatic carbocycles. The number of anilines is 1. The molecule has 0 spiro atoms. The van der Waals surface area contributed by atoms with Gasteiger partial charge in [0.15, 0.2) is 5.78 Å². The number of rotatable bonds is 5. The number of ketones is 1. The molecule has 22 heavy (non-hydrogen) atoms. The summed E-state index contributed by atoms with van der Waals surface area (Å²) in [5.41, 5.74) is 2.80. The smallest absolute Gasteiger partial charge is 0.227 e. The maximum absolute atomic E-state index is 12.5. The summed E-state index contributed by atoms with van der Waals surface area (Å²) < 4.78 is 0. The Morgan fingerprint density at radius 1 is 1.36 bits per heavy atom. The lowest BCUT2D eigenvalue weighted by Gasteiger charge is -2.23. The summed E-state index contributed by atoms with van der Waals surface area (Å²) in [5.74, 6) is 0.639. The standard InChI is InChI=1S/C18H24BrNO2/c1-5-15(19)18(22)13-6-7-16-14(10-13)9-12(4)20(16)17(21)8-11(2)3/h6-7,10-12,15H,5,8-9H2,1-4H3. The van der Waals surface area contributed by atoms with E-state index in [1.807, 2.05) is 30.0 Å². The van der Waals surface area contributed by atoms with Crippen molar-refractivity contribution in [2.75, 3.05) is 4.90 Å². The molecule has 0 aromatic heterocycles. The van der Waals surface area contributed by atoms with Gasteiger partial charge in [0.05, 0.1) is 4.83 Å². The molecule has 0 saturated carbocycles. The number of amides is 1. The Labute approximate surface area is 141 Å². The van der Waals surface area contributed by atoms with Crippen LogP contribution in [0.25, 0.3) is 0 Å². The van der Waals surface area contributed by atoms with Crippen molar-refractivity contribution in [3.05, 3.63) is 29.3 Å². The number of hydrogen-bond donors (Lipinski definition) is 0. The van der Waals surface area contributed by atoms with E-state index in [1.165, 1.54) is 0 Å². The van der Waals surface area contributed by atoms with Crippen molar-refractivity contribution in [2.24, 2.45) is 5.92 Å². The number of fused-ring (bicyclic) bond motifs is 1. The van der Waals surface area contributed by atoms with Gasteiger partial charge in [-0.25, -0.2) is 0 Å². The van der Waals surface area contributed by atoms with Crippen LogP contribution in [0.3, 0.4) is 0 Å². The van der Waals surface area contributed by atoms with Crippen molar-refractivity contribution in [2.45, 2.75) is 57.8 Å². The third-order valence-corrected chi connectivity index (χ3v) is 5.14. The lowest BCUT2D eigenvalue weighted by atomic mass is 10.0. The van der Waals surface area contributed by atoms with Crippen molar-refractivity contribution in [1.29, 1.82) is 0 Å². The van der Waals surface area contributed by atoms with Gasteiger partial charge in [0, 0.05) is 23.7 Å². The van der Waals surface area contributed by atoms with E-state index in [-0.39, 0.29) is 22.6 Å². The van der Waals surface area contributed by atoms with Crippen LogP contribution in [0.1, 0.15) is 56.5 Å². The Balaban J connectivity index is 2.28. The van der Waals surface area contributed by atoms with Gasteiger partial charge in [0.2, 0.25) is 5.91 Å². The zero-order valence-corrected chi connectivity index (χ0v) is 15.3. The fourth-order valence-corrected chi connectivity index (χ4v) is 3.24. The molecule has 2 unspecified atom stereocenters. The van der Waals surface area contributed by atoms with Gasteiger partial charge in [-0.2, -0.15) is 0 Å². The highest BCUT2D eigenvalue weighted by Gasteiger charge is 2.31. The van der Waals surface area contributed by atoms with Gasteiger partial charge in [0.25, 0.3) is 0 Å². The van der Waals surface area contributed by atoms with E-state index in [4.69, 9.17) is 0 Å². The number of carbonyl (C=O) groups excluding carboxylic acids is 2. The second-order valence-corrected chi connectivity index (χ2v) is 7.60. The van der Waals surface area contributed by atoms with Gasteiger partial charge in [0.1, 0.15) is 0 Å². The average molecular weight is 366 g/mol. The summed E-state index contributed by atoms with van der Waals surface area (Å²) in [4.78, 5) is 26.5. The Hall–Kier alpha value is -1.16. The normalized spacial score (nSPS) is 18.5. The summed E-state index contributed by atoms with van der Waals surface area (Å²) in [5, 5.41) is 0. The van der Waals surface area contributed by atoms with Crippen LogP contribution in [0.4, 0.5) is 5.69 Å². The fraction of sp³-hybridized carbons (Fsp3) is 0.556. The highest BCUT2D eigenvalue weighted by molar-refractivity contribution is 9.10. The zero-order chi connectivity index (χ0) is 16.4. The summed E-state index contributed by atoms with van der Waals surface area (Å²) in [6.45, 7) is 8.17. The second kappa shape index (κ2) is 6.95.